The maximum absolute atomic E-state index is 5.06. The molecule has 156 valence electrons. The normalized spacial score (nSPS) is 11.2. The van der Waals surface area contributed by atoms with Gasteiger partial charge in [0, 0.05) is 22.3 Å². The molecule has 0 saturated heterocycles. The minimum Gasteiger partial charge on any atom is -0.228 e. The van der Waals surface area contributed by atoms with Crippen molar-refractivity contribution in [2.24, 2.45) is 0 Å². The van der Waals surface area contributed by atoms with Crippen LogP contribution in [0, 0.1) is 6.92 Å². The second kappa shape index (κ2) is 7.99. The number of nitrogens with zero attached hydrogens (tertiary/aromatic N) is 2. The minimum atomic E-state index is 0.743. The predicted octanol–water partition coefficient (Wildman–Crippen LogP) is 8.09. The molecule has 0 aliphatic carbocycles. The Morgan fingerprint density at radius 1 is 0.424 bits per heavy atom. The largest absolute Gasteiger partial charge is 0.228 e. The molecule has 1 heterocycles. The van der Waals surface area contributed by atoms with Crippen molar-refractivity contribution >= 4 is 21.5 Å². The lowest BCUT2D eigenvalue weighted by Crippen LogP contribution is -2.00. The molecule has 0 saturated carbocycles. The third kappa shape index (κ3) is 3.56. The van der Waals surface area contributed by atoms with E-state index in [4.69, 9.17) is 9.97 Å². The predicted molar refractivity (Wildman–Crippen MR) is 138 cm³/mol. The van der Waals surface area contributed by atoms with Crippen molar-refractivity contribution in [1.29, 1.82) is 0 Å². The standard InChI is InChI=1S/C31H22N2/c1-21-29(27-17-15-22-9-5-7-13-25(22)19-27)32-31(24-11-3-2-4-12-24)33-30(21)28-18-16-23-10-6-8-14-26(23)20-28/h2-20H,1H3. The van der Waals surface area contributed by atoms with Gasteiger partial charge in [-0.25, -0.2) is 9.97 Å². The molecule has 0 spiro atoms. The van der Waals surface area contributed by atoms with E-state index in [9.17, 15) is 0 Å². The smallest absolute Gasteiger partial charge is 0.160 e. The second-order valence-electron chi connectivity index (χ2n) is 8.36. The summed E-state index contributed by atoms with van der Waals surface area (Å²) in [6.07, 6.45) is 0. The molecule has 0 aliphatic heterocycles. The molecular formula is C31H22N2. The van der Waals surface area contributed by atoms with Crippen LogP contribution in [0.5, 0.6) is 0 Å². The van der Waals surface area contributed by atoms with E-state index in [1.807, 2.05) is 18.2 Å². The highest BCUT2D eigenvalue weighted by atomic mass is 14.9. The number of fused-ring (bicyclic) bond motifs is 2. The van der Waals surface area contributed by atoms with E-state index in [2.05, 4.69) is 104 Å². The number of benzene rings is 5. The molecule has 0 atom stereocenters. The molecule has 0 N–H and O–H groups in total. The lowest BCUT2D eigenvalue weighted by atomic mass is 9.97. The molecular weight excluding hydrogens is 400 g/mol. The molecule has 0 unspecified atom stereocenters. The molecule has 6 rings (SSSR count). The molecule has 33 heavy (non-hydrogen) atoms. The summed E-state index contributed by atoms with van der Waals surface area (Å²) in [7, 11) is 0. The van der Waals surface area contributed by atoms with Gasteiger partial charge in [0.25, 0.3) is 0 Å². The summed E-state index contributed by atoms with van der Waals surface area (Å²) in [6.45, 7) is 2.13. The first-order valence-electron chi connectivity index (χ1n) is 11.2. The summed E-state index contributed by atoms with van der Waals surface area (Å²) in [6, 6.07) is 40.2. The molecule has 0 bridgehead atoms. The van der Waals surface area contributed by atoms with E-state index >= 15 is 0 Å². The first kappa shape index (κ1) is 19.4. The van der Waals surface area contributed by atoms with Crippen LogP contribution < -0.4 is 0 Å². The van der Waals surface area contributed by atoms with E-state index in [1.54, 1.807) is 0 Å². The van der Waals surface area contributed by atoms with E-state index in [0.29, 0.717) is 0 Å². The Hall–Kier alpha value is -4.30. The zero-order valence-electron chi connectivity index (χ0n) is 18.4. The monoisotopic (exact) mass is 422 g/mol. The molecule has 0 aliphatic rings. The van der Waals surface area contributed by atoms with Crippen molar-refractivity contribution < 1.29 is 0 Å². The van der Waals surface area contributed by atoms with E-state index in [-0.39, 0.29) is 0 Å². The Morgan fingerprint density at radius 3 is 1.39 bits per heavy atom. The zero-order valence-corrected chi connectivity index (χ0v) is 18.4. The minimum absolute atomic E-state index is 0.743. The topological polar surface area (TPSA) is 25.8 Å². The van der Waals surface area contributed by atoms with Crippen LogP contribution in [-0.2, 0) is 0 Å². The third-order valence-electron chi connectivity index (χ3n) is 6.22. The summed E-state index contributed by atoms with van der Waals surface area (Å²) < 4.78 is 0. The van der Waals surface area contributed by atoms with E-state index in [0.717, 1.165) is 39.5 Å². The molecule has 6 aromatic rings. The fourth-order valence-electron chi connectivity index (χ4n) is 4.47. The first-order valence-corrected chi connectivity index (χ1v) is 11.2. The Bertz CT molecular complexity index is 1520. The second-order valence-corrected chi connectivity index (χ2v) is 8.36. The zero-order chi connectivity index (χ0) is 22.2. The summed E-state index contributed by atoms with van der Waals surface area (Å²) >= 11 is 0. The fourth-order valence-corrected chi connectivity index (χ4v) is 4.47. The highest BCUT2D eigenvalue weighted by Gasteiger charge is 2.16. The van der Waals surface area contributed by atoms with Crippen molar-refractivity contribution in [3.05, 3.63) is 121 Å². The number of aromatic nitrogens is 2. The van der Waals surface area contributed by atoms with Gasteiger partial charge in [-0.2, -0.15) is 0 Å². The van der Waals surface area contributed by atoms with Crippen LogP contribution in [-0.4, -0.2) is 9.97 Å². The summed E-state index contributed by atoms with van der Waals surface area (Å²) in [5.41, 5.74) is 6.25. The highest BCUT2D eigenvalue weighted by Crippen LogP contribution is 2.34. The first-order chi connectivity index (χ1) is 16.3. The van der Waals surface area contributed by atoms with Crippen LogP contribution in [0.2, 0.25) is 0 Å². The van der Waals surface area contributed by atoms with E-state index < -0.39 is 0 Å². The van der Waals surface area contributed by atoms with Gasteiger partial charge in [-0.05, 0) is 40.6 Å². The average Bonchev–Trinajstić information content (AvgIpc) is 2.89. The van der Waals surface area contributed by atoms with Crippen molar-refractivity contribution in [1.82, 2.24) is 9.97 Å². The summed E-state index contributed by atoms with van der Waals surface area (Å²) in [5, 5.41) is 4.88. The molecule has 0 fully saturated rings. The molecule has 0 amide bonds. The molecule has 2 heteroatoms. The SMILES string of the molecule is Cc1c(-c2ccc3ccccc3c2)nc(-c2ccccc2)nc1-c1ccc2ccccc2c1. The van der Waals surface area contributed by atoms with Gasteiger partial charge < -0.3 is 0 Å². The molecule has 2 nitrogen and oxygen atoms in total. The van der Waals surface area contributed by atoms with Gasteiger partial charge in [0.15, 0.2) is 5.82 Å². The van der Waals surface area contributed by atoms with Gasteiger partial charge in [0.1, 0.15) is 0 Å². The van der Waals surface area contributed by atoms with Gasteiger partial charge in [-0.1, -0.05) is 103 Å². The Morgan fingerprint density at radius 2 is 0.879 bits per heavy atom. The number of hydrogen-bond acceptors (Lipinski definition) is 2. The van der Waals surface area contributed by atoms with E-state index in [1.165, 1.54) is 21.5 Å². The Balaban J connectivity index is 1.61. The lowest BCUT2D eigenvalue weighted by molar-refractivity contribution is 1.15. The van der Waals surface area contributed by atoms with Crippen molar-refractivity contribution in [2.45, 2.75) is 6.92 Å². The third-order valence-corrected chi connectivity index (χ3v) is 6.22. The molecule has 5 aromatic carbocycles. The number of hydrogen-bond donors (Lipinski definition) is 0. The maximum Gasteiger partial charge on any atom is 0.160 e. The highest BCUT2D eigenvalue weighted by molar-refractivity contribution is 5.90. The van der Waals surface area contributed by atoms with Crippen LogP contribution in [0.1, 0.15) is 5.56 Å². The van der Waals surface area contributed by atoms with Crippen LogP contribution in [0.4, 0.5) is 0 Å². The van der Waals surface area contributed by atoms with Crippen LogP contribution in [0.25, 0.3) is 55.4 Å². The summed E-state index contributed by atoms with van der Waals surface area (Å²) in [4.78, 5) is 10.1. The van der Waals surface area contributed by atoms with Gasteiger partial charge >= 0.3 is 0 Å². The van der Waals surface area contributed by atoms with Crippen molar-refractivity contribution in [3.8, 4) is 33.9 Å². The molecule has 1 aromatic heterocycles. The molecule has 0 radical (unpaired) electrons. The van der Waals surface area contributed by atoms with Gasteiger partial charge in [-0.3, -0.25) is 0 Å². The van der Waals surface area contributed by atoms with Crippen LogP contribution >= 0.6 is 0 Å². The lowest BCUT2D eigenvalue weighted by Gasteiger charge is -2.14. The van der Waals surface area contributed by atoms with Crippen LogP contribution in [0.15, 0.2) is 115 Å². The Labute approximate surface area is 193 Å². The summed E-state index contributed by atoms with van der Waals surface area (Å²) in [5.74, 6) is 0.743. The van der Waals surface area contributed by atoms with Gasteiger partial charge in [-0.15, -0.1) is 0 Å². The van der Waals surface area contributed by atoms with Crippen molar-refractivity contribution in [3.63, 3.8) is 0 Å². The maximum atomic E-state index is 5.06. The van der Waals surface area contributed by atoms with Crippen molar-refractivity contribution in [2.75, 3.05) is 0 Å². The average molecular weight is 423 g/mol. The Kier molecular flexibility index (Phi) is 4.70. The number of rotatable bonds is 3. The van der Waals surface area contributed by atoms with Gasteiger partial charge in [0.05, 0.1) is 11.4 Å². The quantitative estimate of drug-likeness (QED) is 0.288. The fraction of sp³-hybridized carbons (Fsp3) is 0.0323. The van der Waals surface area contributed by atoms with Gasteiger partial charge in [0.2, 0.25) is 0 Å². The van der Waals surface area contributed by atoms with Crippen LogP contribution in [0.3, 0.4) is 0 Å².